The maximum Gasteiger partial charge on any atom is 0.159 e. The third kappa shape index (κ3) is 2.92. The molecule has 0 aliphatic rings. The standard InChI is InChI=1S/C37H20N2O2/c38-21-22-19-20-26(28-13-7-12-27-25-11-3-6-18-33(25)40-36(27)28)34-29-14-8-17-32(37(29)41-35(22)34)39-30-15-4-1-9-23(30)24-10-2-5-16-31(24)39/h1-20H. The highest BCUT2D eigenvalue weighted by Gasteiger charge is 2.22. The summed E-state index contributed by atoms with van der Waals surface area (Å²) in [5.41, 5.74) is 8.61. The predicted octanol–water partition coefficient (Wildman–Crippen LogP) is 10.1. The number of furan rings is 2. The van der Waals surface area contributed by atoms with Gasteiger partial charge in [-0.1, -0.05) is 91.0 Å². The molecule has 41 heavy (non-hydrogen) atoms. The molecule has 4 heteroatoms. The molecule has 9 aromatic rings. The molecule has 0 spiro atoms. The number of rotatable bonds is 2. The van der Waals surface area contributed by atoms with Gasteiger partial charge in [-0.2, -0.15) is 5.26 Å². The van der Waals surface area contributed by atoms with Crippen LogP contribution in [0.3, 0.4) is 0 Å². The summed E-state index contributed by atoms with van der Waals surface area (Å²) in [5, 5.41) is 16.5. The van der Waals surface area contributed by atoms with Crippen molar-refractivity contribution in [3.05, 3.63) is 127 Å². The van der Waals surface area contributed by atoms with Gasteiger partial charge in [0.25, 0.3) is 0 Å². The van der Waals surface area contributed by atoms with E-state index in [0.717, 1.165) is 66.1 Å². The number of para-hydroxylation sites is 5. The second kappa shape index (κ2) is 8.11. The number of hydrogen-bond donors (Lipinski definition) is 0. The molecule has 0 fully saturated rings. The summed E-state index contributed by atoms with van der Waals surface area (Å²) in [6, 6.07) is 43.7. The summed E-state index contributed by atoms with van der Waals surface area (Å²) >= 11 is 0. The largest absolute Gasteiger partial charge is 0.455 e. The average molecular weight is 525 g/mol. The Balaban J connectivity index is 1.42. The monoisotopic (exact) mass is 524 g/mol. The first kappa shape index (κ1) is 22.1. The van der Waals surface area contributed by atoms with Crippen LogP contribution >= 0.6 is 0 Å². The molecule has 0 saturated heterocycles. The molecule has 3 heterocycles. The van der Waals surface area contributed by atoms with Crippen molar-refractivity contribution in [2.24, 2.45) is 0 Å². The summed E-state index contributed by atoms with van der Waals surface area (Å²) in [7, 11) is 0. The van der Waals surface area contributed by atoms with Gasteiger partial charge in [0.2, 0.25) is 0 Å². The van der Waals surface area contributed by atoms with E-state index in [1.807, 2.05) is 30.3 Å². The molecule has 4 nitrogen and oxygen atoms in total. The lowest BCUT2D eigenvalue weighted by molar-refractivity contribution is 0.665. The molecule has 3 aromatic heterocycles. The highest BCUT2D eigenvalue weighted by molar-refractivity contribution is 6.19. The second-order valence-corrected chi connectivity index (χ2v) is 10.4. The van der Waals surface area contributed by atoms with E-state index in [-0.39, 0.29) is 0 Å². The van der Waals surface area contributed by atoms with Crippen LogP contribution in [0.5, 0.6) is 0 Å². The zero-order valence-corrected chi connectivity index (χ0v) is 21.8. The first-order chi connectivity index (χ1) is 20.3. The van der Waals surface area contributed by atoms with Gasteiger partial charge in [-0.3, -0.25) is 0 Å². The SMILES string of the molecule is N#Cc1ccc(-c2cccc3c2oc2ccccc23)c2c1oc1c(-n3c4ccccc4c4ccccc43)cccc12. The Labute approximate surface area is 233 Å². The molecule has 0 saturated carbocycles. The Bertz CT molecular complexity index is 2500. The van der Waals surface area contributed by atoms with Crippen molar-refractivity contribution >= 4 is 65.7 Å². The molecule has 0 atom stereocenters. The van der Waals surface area contributed by atoms with Crippen molar-refractivity contribution < 1.29 is 8.83 Å². The van der Waals surface area contributed by atoms with Gasteiger partial charge in [-0.25, -0.2) is 0 Å². The fourth-order valence-corrected chi connectivity index (χ4v) is 6.52. The number of benzene rings is 6. The number of nitriles is 1. The fraction of sp³-hybridized carbons (Fsp3) is 0. The first-order valence-electron chi connectivity index (χ1n) is 13.6. The summed E-state index contributed by atoms with van der Waals surface area (Å²) in [5.74, 6) is 0. The lowest BCUT2D eigenvalue weighted by Crippen LogP contribution is -1.94. The minimum absolute atomic E-state index is 0.505. The third-order valence-corrected chi connectivity index (χ3v) is 8.26. The van der Waals surface area contributed by atoms with E-state index in [0.29, 0.717) is 11.1 Å². The van der Waals surface area contributed by atoms with Gasteiger partial charge in [0.1, 0.15) is 17.2 Å². The molecule has 0 aliphatic carbocycles. The van der Waals surface area contributed by atoms with Crippen LogP contribution in [0.4, 0.5) is 0 Å². The van der Waals surface area contributed by atoms with E-state index in [1.165, 1.54) is 10.8 Å². The van der Waals surface area contributed by atoms with Crippen LogP contribution in [0.2, 0.25) is 0 Å². The second-order valence-electron chi connectivity index (χ2n) is 10.4. The molecular formula is C37H20N2O2. The maximum absolute atomic E-state index is 10.1. The molecule has 0 bridgehead atoms. The Morgan fingerprint density at radius 1 is 0.488 bits per heavy atom. The molecule has 6 aromatic carbocycles. The van der Waals surface area contributed by atoms with Crippen molar-refractivity contribution in [2.45, 2.75) is 0 Å². The zero-order valence-electron chi connectivity index (χ0n) is 21.8. The van der Waals surface area contributed by atoms with Gasteiger partial charge in [0.05, 0.1) is 22.3 Å². The van der Waals surface area contributed by atoms with Gasteiger partial charge in [-0.05, 0) is 35.9 Å². The quantitative estimate of drug-likeness (QED) is 0.226. The summed E-state index contributed by atoms with van der Waals surface area (Å²) < 4.78 is 15.4. The predicted molar refractivity (Wildman–Crippen MR) is 165 cm³/mol. The lowest BCUT2D eigenvalue weighted by atomic mass is 9.96. The Hall–Kier alpha value is -5.79. The Morgan fingerprint density at radius 2 is 1.15 bits per heavy atom. The van der Waals surface area contributed by atoms with E-state index in [1.54, 1.807) is 0 Å². The van der Waals surface area contributed by atoms with Gasteiger partial charge in [-0.15, -0.1) is 0 Å². The van der Waals surface area contributed by atoms with Crippen LogP contribution < -0.4 is 0 Å². The highest BCUT2D eigenvalue weighted by Crippen LogP contribution is 2.44. The highest BCUT2D eigenvalue weighted by atomic mass is 16.3. The van der Waals surface area contributed by atoms with E-state index in [4.69, 9.17) is 8.83 Å². The van der Waals surface area contributed by atoms with Crippen LogP contribution in [0.15, 0.2) is 130 Å². The number of fused-ring (bicyclic) bond motifs is 9. The molecule has 190 valence electrons. The first-order valence-corrected chi connectivity index (χ1v) is 13.6. The number of nitrogens with zero attached hydrogens (tertiary/aromatic N) is 2. The minimum atomic E-state index is 0.505. The molecule has 9 rings (SSSR count). The van der Waals surface area contributed by atoms with Crippen molar-refractivity contribution in [1.29, 1.82) is 5.26 Å². The van der Waals surface area contributed by atoms with Crippen molar-refractivity contribution in [3.8, 4) is 22.9 Å². The van der Waals surface area contributed by atoms with Crippen LogP contribution in [0.1, 0.15) is 5.56 Å². The minimum Gasteiger partial charge on any atom is -0.455 e. The molecular weight excluding hydrogens is 504 g/mol. The van der Waals surface area contributed by atoms with Gasteiger partial charge in [0.15, 0.2) is 11.2 Å². The van der Waals surface area contributed by atoms with Gasteiger partial charge < -0.3 is 13.4 Å². The topological polar surface area (TPSA) is 55.0 Å². The van der Waals surface area contributed by atoms with E-state index < -0.39 is 0 Å². The van der Waals surface area contributed by atoms with Gasteiger partial charge in [0, 0.05) is 37.9 Å². The van der Waals surface area contributed by atoms with Crippen molar-refractivity contribution in [2.75, 3.05) is 0 Å². The van der Waals surface area contributed by atoms with Crippen molar-refractivity contribution in [1.82, 2.24) is 4.57 Å². The van der Waals surface area contributed by atoms with Crippen LogP contribution in [-0.2, 0) is 0 Å². The fourth-order valence-electron chi connectivity index (χ4n) is 6.52. The van der Waals surface area contributed by atoms with Crippen molar-refractivity contribution in [3.63, 3.8) is 0 Å². The molecule has 0 N–H and O–H groups in total. The smallest absolute Gasteiger partial charge is 0.159 e. The third-order valence-electron chi connectivity index (χ3n) is 8.26. The summed E-state index contributed by atoms with van der Waals surface area (Å²) in [6.07, 6.45) is 0. The van der Waals surface area contributed by atoms with Crippen LogP contribution in [0, 0.1) is 11.3 Å². The Kier molecular flexibility index (Phi) is 4.37. The molecule has 0 amide bonds. The Morgan fingerprint density at radius 3 is 1.93 bits per heavy atom. The maximum atomic E-state index is 10.1. The zero-order chi connectivity index (χ0) is 27.1. The van der Waals surface area contributed by atoms with E-state index in [9.17, 15) is 5.26 Å². The van der Waals surface area contributed by atoms with Gasteiger partial charge >= 0.3 is 0 Å². The summed E-state index contributed by atoms with van der Waals surface area (Å²) in [4.78, 5) is 0. The number of aromatic nitrogens is 1. The number of hydrogen-bond acceptors (Lipinski definition) is 3. The van der Waals surface area contributed by atoms with E-state index >= 15 is 0 Å². The summed E-state index contributed by atoms with van der Waals surface area (Å²) in [6.45, 7) is 0. The average Bonchev–Trinajstić information content (AvgIpc) is 3.71. The van der Waals surface area contributed by atoms with Crippen LogP contribution in [0.25, 0.3) is 82.5 Å². The van der Waals surface area contributed by atoms with E-state index in [2.05, 4.69) is 102 Å². The molecule has 0 unspecified atom stereocenters. The van der Waals surface area contributed by atoms with Crippen LogP contribution in [-0.4, -0.2) is 4.57 Å². The normalized spacial score (nSPS) is 11.9. The molecule has 0 aliphatic heterocycles. The molecule has 0 radical (unpaired) electrons. The lowest BCUT2D eigenvalue weighted by Gasteiger charge is -2.08.